The minimum Gasteiger partial charge on any atom is -0.349 e. The average Bonchev–Trinajstić information content (AvgIpc) is 2.96. The molecule has 1 aromatic heterocycles. The maximum Gasteiger partial charge on any atom is 0.243 e. The minimum atomic E-state index is -3.65. The van der Waals surface area contributed by atoms with Crippen LogP contribution < -0.4 is 0 Å². The van der Waals surface area contributed by atoms with Crippen LogP contribution in [-0.2, 0) is 16.6 Å². The third-order valence-corrected chi connectivity index (χ3v) is 6.23. The van der Waals surface area contributed by atoms with Gasteiger partial charge in [0.05, 0.1) is 21.5 Å². The zero-order chi connectivity index (χ0) is 15.9. The van der Waals surface area contributed by atoms with E-state index in [2.05, 4.69) is 4.57 Å². The largest absolute Gasteiger partial charge is 0.349 e. The van der Waals surface area contributed by atoms with E-state index in [0.717, 1.165) is 5.69 Å². The van der Waals surface area contributed by atoms with E-state index >= 15 is 0 Å². The molecule has 0 saturated carbocycles. The molecular weight excluding hydrogens is 322 g/mol. The van der Waals surface area contributed by atoms with Crippen LogP contribution in [0.1, 0.15) is 24.2 Å². The molecule has 2 aromatic rings. The van der Waals surface area contributed by atoms with Crippen LogP contribution in [0.3, 0.4) is 0 Å². The predicted octanol–water partition coefficient (Wildman–Crippen LogP) is 2.78. The van der Waals surface area contributed by atoms with E-state index in [1.165, 1.54) is 22.5 Å². The Hall–Kier alpha value is -1.81. The van der Waals surface area contributed by atoms with Crippen molar-refractivity contribution in [1.82, 2.24) is 8.87 Å². The van der Waals surface area contributed by atoms with Crippen LogP contribution in [0.4, 0.5) is 0 Å². The van der Waals surface area contributed by atoms with Gasteiger partial charge in [-0.15, -0.1) is 0 Å². The van der Waals surface area contributed by atoms with Gasteiger partial charge >= 0.3 is 0 Å². The molecule has 3 rings (SSSR count). The summed E-state index contributed by atoms with van der Waals surface area (Å²) in [5, 5.41) is 9.04. The Morgan fingerprint density at radius 1 is 1.32 bits per heavy atom. The van der Waals surface area contributed by atoms with E-state index in [1.807, 2.05) is 31.3 Å². The van der Waals surface area contributed by atoms with Gasteiger partial charge in [-0.1, -0.05) is 11.6 Å². The van der Waals surface area contributed by atoms with Crippen molar-refractivity contribution >= 4 is 21.6 Å². The van der Waals surface area contributed by atoms with Gasteiger partial charge in [0, 0.05) is 25.0 Å². The highest BCUT2D eigenvalue weighted by atomic mass is 35.5. The van der Waals surface area contributed by atoms with E-state index in [0.29, 0.717) is 13.1 Å². The summed E-state index contributed by atoms with van der Waals surface area (Å²) in [7, 11) is -3.65. The fraction of sp³-hybridized carbons (Fsp3) is 0.267. The lowest BCUT2D eigenvalue weighted by Crippen LogP contribution is -2.40. The molecule has 114 valence electrons. The molecule has 1 atom stereocenters. The van der Waals surface area contributed by atoms with Crippen molar-refractivity contribution in [3.05, 3.63) is 52.8 Å². The molecule has 0 amide bonds. The topological polar surface area (TPSA) is 66.1 Å². The van der Waals surface area contributed by atoms with Crippen molar-refractivity contribution in [3.63, 3.8) is 0 Å². The molecule has 7 heteroatoms. The Morgan fingerprint density at radius 3 is 2.77 bits per heavy atom. The van der Waals surface area contributed by atoms with Crippen LogP contribution in [0, 0.1) is 11.3 Å². The van der Waals surface area contributed by atoms with Gasteiger partial charge in [0.15, 0.2) is 0 Å². The second-order valence-electron chi connectivity index (χ2n) is 5.17. The minimum absolute atomic E-state index is 0.114. The van der Waals surface area contributed by atoms with Crippen molar-refractivity contribution < 1.29 is 8.42 Å². The zero-order valence-corrected chi connectivity index (χ0v) is 13.5. The first-order valence-electron chi connectivity index (χ1n) is 6.81. The summed E-state index contributed by atoms with van der Waals surface area (Å²) in [4.78, 5) is 0.114. The number of fused-ring (bicyclic) bond motifs is 1. The average molecular weight is 336 g/mol. The number of sulfonamides is 1. The zero-order valence-electron chi connectivity index (χ0n) is 11.9. The van der Waals surface area contributed by atoms with Crippen LogP contribution >= 0.6 is 11.6 Å². The second kappa shape index (κ2) is 5.43. The van der Waals surface area contributed by atoms with E-state index < -0.39 is 10.0 Å². The molecule has 0 fully saturated rings. The first-order chi connectivity index (χ1) is 10.4. The van der Waals surface area contributed by atoms with Gasteiger partial charge in [-0.3, -0.25) is 0 Å². The Bertz CT molecular complexity index is 867. The summed E-state index contributed by atoms with van der Waals surface area (Å²) in [6.45, 7) is 2.90. The number of aromatic nitrogens is 1. The summed E-state index contributed by atoms with van der Waals surface area (Å²) in [6, 6.07) is 9.74. The van der Waals surface area contributed by atoms with Gasteiger partial charge < -0.3 is 4.57 Å². The van der Waals surface area contributed by atoms with Crippen molar-refractivity contribution in [3.8, 4) is 6.07 Å². The van der Waals surface area contributed by atoms with Crippen LogP contribution in [0.25, 0.3) is 0 Å². The van der Waals surface area contributed by atoms with Crippen LogP contribution in [-0.4, -0.2) is 23.8 Å². The summed E-state index contributed by atoms with van der Waals surface area (Å²) < 4.78 is 29.2. The third-order valence-electron chi connectivity index (χ3n) is 3.95. The van der Waals surface area contributed by atoms with E-state index in [-0.39, 0.29) is 21.5 Å². The van der Waals surface area contributed by atoms with Crippen molar-refractivity contribution in [2.24, 2.45) is 0 Å². The fourth-order valence-corrected chi connectivity index (χ4v) is 4.68. The molecule has 1 unspecified atom stereocenters. The molecule has 0 radical (unpaired) electrons. The number of rotatable bonds is 2. The molecule has 0 saturated heterocycles. The Kier molecular flexibility index (Phi) is 3.73. The molecular formula is C15H14ClN3O2S. The van der Waals surface area contributed by atoms with Crippen molar-refractivity contribution in [1.29, 1.82) is 5.26 Å². The lowest BCUT2D eigenvalue weighted by Gasteiger charge is -2.33. The molecule has 22 heavy (non-hydrogen) atoms. The summed E-state index contributed by atoms with van der Waals surface area (Å²) in [5.74, 6) is 0. The lowest BCUT2D eigenvalue weighted by atomic mass is 10.2. The SMILES string of the molecule is CC1c2cccn2CCN1S(=O)(=O)c1ccc(C#N)c(Cl)c1. The molecule has 1 aliphatic heterocycles. The summed E-state index contributed by atoms with van der Waals surface area (Å²) >= 11 is 5.96. The maximum atomic E-state index is 12.9. The van der Waals surface area contributed by atoms with Crippen LogP contribution in [0.15, 0.2) is 41.4 Å². The Morgan fingerprint density at radius 2 is 2.09 bits per heavy atom. The normalized spacial score (nSPS) is 18.7. The lowest BCUT2D eigenvalue weighted by molar-refractivity contribution is 0.282. The van der Waals surface area contributed by atoms with E-state index in [9.17, 15) is 8.42 Å². The number of halogens is 1. The summed E-state index contributed by atoms with van der Waals surface area (Å²) in [5.41, 5.74) is 1.23. The number of nitriles is 1. The van der Waals surface area contributed by atoms with Crippen LogP contribution in [0.5, 0.6) is 0 Å². The van der Waals surface area contributed by atoms with Gasteiger partial charge in [0.1, 0.15) is 6.07 Å². The van der Waals surface area contributed by atoms with Gasteiger partial charge in [-0.25, -0.2) is 8.42 Å². The van der Waals surface area contributed by atoms with E-state index in [4.69, 9.17) is 16.9 Å². The maximum absolute atomic E-state index is 12.9. The third kappa shape index (κ3) is 2.31. The quantitative estimate of drug-likeness (QED) is 0.847. The van der Waals surface area contributed by atoms with Crippen molar-refractivity contribution in [2.75, 3.05) is 6.54 Å². The molecule has 0 bridgehead atoms. The highest BCUT2D eigenvalue weighted by molar-refractivity contribution is 7.89. The molecule has 5 nitrogen and oxygen atoms in total. The molecule has 1 aromatic carbocycles. The van der Waals surface area contributed by atoms with Gasteiger partial charge in [-0.05, 0) is 37.3 Å². The molecule has 0 spiro atoms. The molecule has 0 N–H and O–H groups in total. The van der Waals surface area contributed by atoms with Gasteiger partial charge in [-0.2, -0.15) is 9.57 Å². The predicted molar refractivity (Wildman–Crippen MR) is 82.9 cm³/mol. The number of hydrogen-bond acceptors (Lipinski definition) is 3. The Labute approximate surface area is 134 Å². The van der Waals surface area contributed by atoms with E-state index in [1.54, 1.807) is 0 Å². The van der Waals surface area contributed by atoms with Crippen LogP contribution in [0.2, 0.25) is 5.02 Å². The number of nitrogens with zero attached hydrogens (tertiary/aromatic N) is 3. The smallest absolute Gasteiger partial charge is 0.243 e. The summed E-state index contributed by atoms with van der Waals surface area (Å²) in [6.07, 6.45) is 1.95. The first kappa shape index (κ1) is 15.1. The second-order valence-corrected chi connectivity index (χ2v) is 7.47. The standard InChI is InChI=1S/C15H14ClN3O2S/c1-11-15-3-2-6-18(15)7-8-19(11)22(20,21)13-5-4-12(10-17)14(16)9-13/h2-6,9,11H,7-8H2,1H3. The Balaban J connectivity index is 2.01. The number of benzene rings is 1. The molecule has 2 heterocycles. The monoisotopic (exact) mass is 335 g/mol. The van der Waals surface area contributed by atoms with Gasteiger partial charge in [0.2, 0.25) is 10.0 Å². The van der Waals surface area contributed by atoms with Crippen molar-refractivity contribution in [2.45, 2.75) is 24.4 Å². The first-order valence-corrected chi connectivity index (χ1v) is 8.63. The highest BCUT2D eigenvalue weighted by Crippen LogP contribution is 2.32. The molecule has 1 aliphatic rings. The highest BCUT2D eigenvalue weighted by Gasteiger charge is 2.34. The van der Waals surface area contributed by atoms with Gasteiger partial charge in [0.25, 0.3) is 0 Å². The molecule has 0 aliphatic carbocycles. The fourth-order valence-electron chi connectivity index (χ4n) is 2.77. The number of hydrogen-bond donors (Lipinski definition) is 0.